The van der Waals surface area contributed by atoms with Crippen molar-refractivity contribution < 1.29 is 18.0 Å². The lowest BCUT2D eigenvalue weighted by Gasteiger charge is -2.32. The number of nitrogens with one attached hydrogen (secondary N) is 1. The van der Waals surface area contributed by atoms with Crippen molar-refractivity contribution in [2.75, 3.05) is 17.4 Å². The maximum atomic E-state index is 14.0. The van der Waals surface area contributed by atoms with Gasteiger partial charge in [0.25, 0.3) is 10.0 Å². The second-order valence-corrected chi connectivity index (χ2v) is 12.1. The highest BCUT2D eigenvalue weighted by Gasteiger charge is 2.33. The van der Waals surface area contributed by atoms with Gasteiger partial charge < -0.3 is 10.2 Å². The van der Waals surface area contributed by atoms with E-state index in [4.69, 9.17) is 23.2 Å². The molecule has 3 rings (SSSR count). The van der Waals surface area contributed by atoms with E-state index < -0.39 is 28.5 Å². The Balaban J connectivity index is 2.10. The minimum atomic E-state index is -4.15. The smallest absolute Gasteiger partial charge is 0.264 e. The second-order valence-electron chi connectivity index (χ2n) is 9.46. The van der Waals surface area contributed by atoms with Crippen LogP contribution in [-0.2, 0) is 26.2 Å². The molecule has 0 saturated heterocycles. The molecule has 2 amide bonds. The average molecular weight is 591 g/mol. The third kappa shape index (κ3) is 7.32. The minimum Gasteiger partial charge on any atom is -0.355 e. The molecule has 0 unspecified atom stereocenters. The first-order valence-electron chi connectivity index (χ1n) is 12.5. The topological polar surface area (TPSA) is 86.8 Å². The van der Waals surface area contributed by atoms with Crippen LogP contribution < -0.4 is 9.62 Å². The molecule has 0 aromatic heterocycles. The van der Waals surface area contributed by atoms with Crippen molar-refractivity contribution in [3.63, 3.8) is 0 Å². The van der Waals surface area contributed by atoms with Gasteiger partial charge in [-0.1, -0.05) is 53.0 Å². The van der Waals surface area contributed by atoms with Gasteiger partial charge in [-0.15, -0.1) is 0 Å². The number of rotatable bonds is 10. The maximum absolute atomic E-state index is 14.0. The Morgan fingerprint density at radius 1 is 0.897 bits per heavy atom. The number of nitrogens with zero attached hydrogens (tertiary/aromatic N) is 2. The summed E-state index contributed by atoms with van der Waals surface area (Å²) in [5.41, 5.74) is 3.41. The Morgan fingerprint density at radius 2 is 1.46 bits per heavy atom. The number of aryl methyl sites for hydroxylation is 3. The summed E-state index contributed by atoms with van der Waals surface area (Å²) in [6, 6.07) is 15.9. The zero-order valence-electron chi connectivity index (χ0n) is 22.7. The van der Waals surface area contributed by atoms with Gasteiger partial charge in [0.2, 0.25) is 11.8 Å². The second kappa shape index (κ2) is 12.9. The molecule has 10 heteroatoms. The number of benzene rings is 3. The van der Waals surface area contributed by atoms with Crippen LogP contribution in [0.15, 0.2) is 65.6 Å². The zero-order valence-corrected chi connectivity index (χ0v) is 25.0. The van der Waals surface area contributed by atoms with Crippen LogP contribution in [0.3, 0.4) is 0 Å². The number of hydrogen-bond acceptors (Lipinski definition) is 4. The van der Waals surface area contributed by atoms with Gasteiger partial charge >= 0.3 is 0 Å². The monoisotopic (exact) mass is 589 g/mol. The predicted octanol–water partition coefficient (Wildman–Crippen LogP) is 5.67. The number of anilines is 1. The van der Waals surface area contributed by atoms with E-state index >= 15 is 0 Å². The van der Waals surface area contributed by atoms with E-state index in [1.54, 1.807) is 56.3 Å². The normalized spacial score (nSPS) is 12.1. The summed E-state index contributed by atoms with van der Waals surface area (Å²) >= 11 is 12.8. The summed E-state index contributed by atoms with van der Waals surface area (Å²) < 4.78 is 29.0. The molecule has 0 aliphatic rings. The molecule has 0 radical (unpaired) electrons. The van der Waals surface area contributed by atoms with Gasteiger partial charge in [-0.25, -0.2) is 8.42 Å². The molecule has 0 aliphatic carbocycles. The fourth-order valence-electron chi connectivity index (χ4n) is 4.22. The van der Waals surface area contributed by atoms with Crippen molar-refractivity contribution >= 4 is 50.7 Å². The van der Waals surface area contributed by atoms with Gasteiger partial charge in [0.05, 0.1) is 10.6 Å². The van der Waals surface area contributed by atoms with Crippen molar-refractivity contribution in [3.05, 3.63) is 93.0 Å². The van der Waals surface area contributed by atoms with Crippen LogP contribution in [0.1, 0.15) is 36.1 Å². The fourth-order valence-corrected chi connectivity index (χ4v) is 6.13. The Morgan fingerprint density at radius 3 is 2.00 bits per heavy atom. The number of carbonyl (C=O) groups is 2. The summed E-state index contributed by atoms with van der Waals surface area (Å²) in [6.07, 6.45) is 0. The van der Waals surface area contributed by atoms with Gasteiger partial charge in [-0.3, -0.25) is 13.9 Å². The third-order valence-electron chi connectivity index (χ3n) is 6.29. The summed E-state index contributed by atoms with van der Waals surface area (Å²) in [7, 11) is -4.15. The van der Waals surface area contributed by atoms with E-state index in [9.17, 15) is 18.0 Å². The van der Waals surface area contributed by atoms with Crippen LogP contribution in [0.4, 0.5) is 5.69 Å². The van der Waals surface area contributed by atoms with Crippen molar-refractivity contribution in [2.24, 2.45) is 0 Å². The average Bonchev–Trinajstić information content (AvgIpc) is 2.86. The van der Waals surface area contributed by atoms with Crippen molar-refractivity contribution in [2.45, 2.75) is 52.1 Å². The first kappa shape index (κ1) is 30.5. The van der Waals surface area contributed by atoms with Crippen molar-refractivity contribution in [3.8, 4) is 0 Å². The van der Waals surface area contributed by atoms with E-state index in [-0.39, 0.29) is 17.3 Å². The number of likely N-dealkylation sites (N-methyl/N-ethyl adjacent to an activating group) is 1. The molecule has 1 atom stereocenters. The molecule has 0 heterocycles. The van der Waals surface area contributed by atoms with Gasteiger partial charge in [-0.2, -0.15) is 0 Å². The summed E-state index contributed by atoms with van der Waals surface area (Å²) in [6.45, 7) is 8.69. The molecule has 0 spiro atoms. The molecule has 0 bridgehead atoms. The Labute approximate surface area is 240 Å². The number of sulfonamides is 1. The van der Waals surface area contributed by atoms with E-state index in [0.29, 0.717) is 27.8 Å². The van der Waals surface area contributed by atoms with E-state index in [0.717, 1.165) is 21.0 Å². The SMILES string of the molecule is CCNC(=O)[C@@H](C)N(Cc1c(Cl)cccc1Cl)C(=O)CN(c1cc(C)cc(C)c1)S(=O)(=O)c1ccc(C)cc1. The van der Waals surface area contributed by atoms with Crippen LogP contribution in [0, 0.1) is 20.8 Å². The number of halogens is 2. The van der Waals surface area contributed by atoms with Gasteiger partial charge in [0.15, 0.2) is 0 Å². The quantitative estimate of drug-likeness (QED) is 0.330. The molecule has 7 nitrogen and oxygen atoms in total. The summed E-state index contributed by atoms with van der Waals surface area (Å²) in [5, 5.41) is 3.40. The number of amides is 2. The van der Waals surface area contributed by atoms with Crippen LogP contribution in [-0.4, -0.2) is 44.3 Å². The lowest BCUT2D eigenvalue weighted by molar-refractivity contribution is -0.139. The number of carbonyl (C=O) groups excluding carboxylic acids is 2. The number of hydrogen-bond donors (Lipinski definition) is 1. The Kier molecular flexibility index (Phi) is 10.0. The third-order valence-corrected chi connectivity index (χ3v) is 8.79. The first-order chi connectivity index (χ1) is 18.3. The molecule has 0 saturated carbocycles. The Bertz CT molecular complexity index is 1420. The van der Waals surface area contributed by atoms with E-state index in [1.165, 1.54) is 17.0 Å². The molecular weight excluding hydrogens is 557 g/mol. The van der Waals surface area contributed by atoms with Crippen LogP contribution >= 0.6 is 23.2 Å². The molecule has 0 fully saturated rings. The lowest BCUT2D eigenvalue weighted by atomic mass is 10.1. The molecule has 3 aromatic carbocycles. The molecular formula is C29H33Cl2N3O4S. The molecule has 1 N–H and O–H groups in total. The zero-order chi connectivity index (χ0) is 28.9. The van der Waals surface area contributed by atoms with Gasteiger partial charge in [-0.05, 0) is 82.1 Å². The fraction of sp³-hybridized carbons (Fsp3) is 0.310. The summed E-state index contributed by atoms with van der Waals surface area (Å²) in [5.74, 6) is -0.965. The van der Waals surface area contributed by atoms with E-state index in [1.807, 2.05) is 26.8 Å². The Hall–Kier alpha value is -3.07. The first-order valence-corrected chi connectivity index (χ1v) is 14.7. The van der Waals surface area contributed by atoms with Crippen LogP contribution in [0.5, 0.6) is 0 Å². The van der Waals surface area contributed by atoms with E-state index in [2.05, 4.69) is 5.32 Å². The summed E-state index contributed by atoms with van der Waals surface area (Å²) in [4.78, 5) is 28.2. The van der Waals surface area contributed by atoms with Gasteiger partial charge in [0.1, 0.15) is 12.6 Å². The van der Waals surface area contributed by atoms with Gasteiger partial charge in [0, 0.05) is 28.7 Å². The predicted molar refractivity (Wildman–Crippen MR) is 157 cm³/mol. The minimum absolute atomic E-state index is 0.0533. The van der Waals surface area contributed by atoms with Crippen LogP contribution in [0.25, 0.3) is 0 Å². The molecule has 39 heavy (non-hydrogen) atoms. The van der Waals surface area contributed by atoms with Crippen molar-refractivity contribution in [1.82, 2.24) is 10.2 Å². The van der Waals surface area contributed by atoms with Crippen molar-refractivity contribution in [1.29, 1.82) is 0 Å². The largest absolute Gasteiger partial charge is 0.355 e. The molecule has 3 aromatic rings. The molecule has 0 aliphatic heterocycles. The highest BCUT2D eigenvalue weighted by atomic mass is 35.5. The standard InChI is InChI=1S/C29H33Cl2N3O4S/c1-6-32-29(36)22(5)33(17-25-26(30)8-7-9-27(25)31)28(35)18-34(23-15-20(3)14-21(4)16-23)39(37,38)24-12-10-19(2)11-13-24/h7-16,22H,6,17-18H2,1-5H3,(H,32,36)/t22-/m1/s1. The lowest BCUT2D eigenvalue weighted by Crippen LogP contribution is -2.51. The maximum Gasteiger partial charge on any atom is 0.264 e. The highest BCUT2D eigenvalue weighted by Crippen LogP contribution is 2.29. The highest BCUT2D eigenvalue weighted by molar-refractivity contribution is 7.92. The van der Waals surface area contributed by atoms with Crippen LogP contribution in [0.2, 0.25) is 10.0 Å². The molecule has 208 valence electrons.